The number of hydrogen-bond acceptors (Lipinski definition) is 9. The fourth-order valence-electron chi connectivity index (χ4n) is 3.22. The maximum Gasteiger partial charge on any atom is 0.244 e. The summed E-state index contributed by atoms with van der Waals surface area (Å²) >= 11 is 0. The molecule has 0 unspecified atom stereocenters. The number of sulfonamides is 1. The lowest BCUT2D eigenvalue weighted by Crippen LogP contribution is -2.40. The summed E-state index contributed by atoms with van der Waals surface area (Å²) in [6.07, 6.45) is 3.96. The number of morpholine rings is 1. The van der Waals surface area contributed by atoms with Crippen LogP contribution in [0.4, 0.5) is 11.8 Å². The summed E-state index contributed by atoms with van der Waals surface area (Å²) in [6, 6.07) is 1.46. The number of ether oxygens (including phenoxy) is 1. The highest BCUT2D eigenvalue weighted by Gasteiger charge is 2.28. The van der Waals surface area contributed by atoms with Gasteiger partial charge in [-0.05, 0) is 19.4 Å². The standard InChI is InChI=1S/C18H28N6O4S/c1-3-4-5-18(2,12-25)23-16-15-14(21-17(19)22-16)10-13(11-20-15)29(26,27)24-6-8-28-9-7-24/h10-11,25H,3-9,12H2,1-2H3,(H3,19,21,22,23)/t18-/m1/s1. The van der Waals surface area contributed by atoms with E-state index < -0.39 is 15.6 Å². The molecule has 4 N–H and O–H groups in total. The topological polar surface area (TPSA) is 144 Å². The zero-order valence-electron chi connectivity index (χ0n) is 16.8. The molecule has 0 amide bonds. The average Bonchev–Trinajstić information content (AvgIpc) is 2.72. The van der Waals surface area contributed by atoms with Crippen molar-refractivity contribution in [3.63, 3.8) is 0 Å². The lowest BCUT2D eigenvalue weighted by Gasteiger charge is -2.29. The van der Waals surface area contributed by atoms with Crippen molar-refractivity contribution in [1.82, 2.24) is 19.3 Å². The van der Waals surface area contributed by atoms with Crippen LogP contribution < -0.4 is 11.1 Å². The summed E-state index contributed by atoms with van der Waals surface area (Å²) in [6.45, 7) is 5.19. The third-order valence-electron chi connectivity index (χ3n) is 4.99. The molecule has 0 saturated carbocycles. The molecule has 0 radical (unpaired) electrons. The van der Waals surface area contributed by atoms with Crippen LogP contribution in [0.1, 0.15) is 33.1 Å². The summed E-state index contributed by atoms with van der Waals surface area (Å²) in [5, 5.41) is 13.1. The van der Waals surface area contributed by atoms with Gasteiger partial charge in [0, 0.05) is 19.3 Å². The second-order valence-electron chi connectivity index (χ2n) is 7.43. The van der Waals surface area contributed by atoms with Crippen molar-refractivity contribution in [2.45, 2.75) is 43.5 Å². The number of fused-ring (bicyclic) bond motifs is 1. The number of anilines is 2. The Balaban J connectivity index is 1.98. The first-order valence-corrected chi connectivity index (χ1v) is 11.1. The fraction of sp³-hybridized carbons (Fsp3) is 0.611. The lowest BCUT2D eigenvalue weighted by molar-refractivity contribution is 0.0730. The molecule has 0 aromatic carbocycles. The largest absolute Gasteiger partial charge is 0.394 e. The van der Waals surface area contributed by atoms with Crippen LogP contribution in [0.25, 0.3) is 11.0 Å². The minimum absolute atomic E-state index is 0.00139. The second-order valence-corrected chi connectivity index (χ2v) is 9.37. The molecule has 1 aliphatic rings. The summed E-state index contributed by atoms with van der Waals surface area (Å²) in [4.78, 5) is 12.8. The van der Waals surface area contributed by atoms with E-state index in [0.29, 0.717) is 43.2 Å². The molecule has 3 heterocycles. The maximum atomic E-state index is 12.9. The molecule has 1 fully saturated rings. The van der Waals surface area contributed by atoms with Gasteiger partial charge in [0.25, 0.3) is 0 Å². The average molecular weight is 425 g/mol. The van der Waals surface area contributed by atoms with Gasteiger partial charge in [-0.1, -0.05) is 19.8 Å². The van der Waals surface area contributed by atoms with Gasteiger partial charge in [-0.3, -0.25) is 0 Å². The van der Waals surface area contributed by atoms with Gasteiger partial charge in [0.05, 0.1) is 30.9 Å². The van der Waals surface area contributed by atoms with E-state index in [2.05, 4.69) is 27.2 Å². The molecule has 160 valence electrons. The zero-order valence-corrected chi connectivity index (χ0v) is 17.6. The zero-order chi connectivity index (χ0) is 21.1. The number of rotatable bonds is 8. The van der Waals surface area contributed by atoms with Gasteiger partial charge in [-0.2, -0.15) is 9.29 Å². The van der Waals surface area contributed by atoms with E-state index in [9.17, 15) is 13.5 Å². The number of nitrogens with one attached hydrogen (secondary N) is 1. The molecule has 2 aromatic heterocycles. The molecule has 11 heteroatoms. The number of aliphatic hydroxyl groups excluding tert-OH is 1. The van der Waals surface area contributed by atoms with Crippen LogP contribution in [0.2, 0.25) is 0 Å². The highest BCUT2D eigenvalue weighted by Crippen LogP contribution is 2.27. The molecule has 3 rings (SSSR count). The van der Waals surface area contributed by atoms with Crippen molar-refractivity contribution in [2.24, 2.45) is 0 Å². The number of hydrogen-bond donors (Lipinski definition) is 3. The van der Waals surface area contributed by atoms with E-state index in [1.807, 2.05) is 6.92 Å². The van der Waals surface area contributed by atoms with Crippen LogP contribution in [0.3, 0.4) is 0 Å². The molecule has 1 aliphatic heterocycles. The SMILES string of the molecule is CCCC[C@](C)(CO)Nc1nc(N)nc2cc(S(=O)(=O)N3CCOCC3)cnc12. The number of nitrogens with two attached hydrogens (primary N) is 1. The minimum atomic E-state index is -3.70. The molecule has 0 bridgehead atoms. The Hall–Kier alpha value is -2.08. The van der Waals surface area contributed by atoms with E-state index in [1.165, 1.54) is 16.6 Å². The van der Waals surface area contributed by atoms with Crippen molar-refractivity contribution < 1.29 is 18.3 Å². The third-order valence-corrected chi connectivity index (χ3v) is 6.85. The molecule has 1 saturated heterocycles. The molecule has 2 aromatic rings. The van der Waals surface area contributed by atoms with E-state index in [-0.39, 0.29) is 17.5 Å². The monoisotopic (exact) mass is 424 g/mol. The highest BCUT2D eigenvalue weighted by molar-refractivity contribution is 7.89. The first-order valence-electron chi connectivity index (χ1n) is 9.69. The van der Waals surface area contributed by atoms with Gasteiger partial charge in [0.1, 0.15) is 10.4 Å². The van der Waals surface area contributed by atoms with Gasteiger partial charge < -0.3 is 20.9 Å². The summed E-state index contributed by atoms with van der Waals surface area (Å²) in [7, 11) is -3.70. The maximum absolute atomic E-state index is 12.9. The Kier molecular flexibility index (Phi) is 6.52. The van der Waals surface area contributed by atoms with Crippen molar-refractivity contribution in [3.8, 4) is 0 Å². The number of aromatic nitrogens is 3. The highest BCUT2D eigenvalue weighted by atomic mass is 32.2. The third kappa shape index (κ3) is 4.74. The quantitative estimate of drug-likeness (QED) is 0.565. The van der Waals surface area contributed by atoms with Crippen LogP contribution in [-0.4, -0.2) is 71.2 Å². The van der Waals surface area contributed by atoms with E-state index in [4.69, 9.17) is 10.5 Å². The van der Waals surface area contributed by atoms with E-state index >= 15 is 0 Å². The van der Waals surface area contributed by atoms with Gasteiger partial charge in [0.2, 0.25) is 16.0 Å². The van der Waals surface area contributed by atoms with E-state index in [0.717, 1.165) is 19.3 Å². The molecule has 0 spiro atoms. The molecular formula is C18H28N6O4S. The molecule has 1 atom stereocenters. The van der Waals surface area contributed by atoms with Crippen molar-refractivity contribution in [1.29, 1.82) is 0 Å². The smallest absolute Gasteiger partial charge is 0.244 e. The molecule has 10 nitrogen and oxygen atoms in total. The Morgan fingerprint density at radius 1 is 1.34 bits per heavy atom. The van der Waals surface area contributed by atoms with Gasteiger partial charge >= 0.3 is 0 Å². The van der Waals surface area contributed by atoms with Crippen molar-refractivity contribution >= 4 is 32.8 Å². The first-order chi connectivity index (χ1) is 13.8. The summed E-state index contributed by atoms with van der Waals surface area (Å²) < 4.78 is 32.4. The Morgan fingerprint density at radius 2 is 2.07 bits per heavy atom. The predicted octanol–water partition coefficient (Wildman–Crippen LogP) is 0.981. The number of nitrogen functional groups attached to an aromatic ring is 1. The molecule has 29 heavy (non-hydrogen) atoms. The van der Waals surface area contributed by atoms with Crippen molar-refractivity contribution in [2.75, 3.05) is 44.0 Å². The van der Waals surface area contributed by atoms with Gasteiger partial charge in [-0.15, -0.1) is 0 Å². The minimum Gasteiger partial charge on any atom is -0.394 e. The van der Waals surface area contributed by atoms with E-state index in [1.54, 1.807) is 0 Å². The Bertz CT molecular complexity index is 964. The number of nitrogens with zero attached hydrogens (tertiary/aromatic N) is 4. The number of aliphatic hydroxyl groups is 1. The van der Waals surface area contributed by atoms with Crippen LogP contribution >= 0.6 is 0 Å². The Labute approximate surface area is 170 Å². The Morgan fingerprint density at radius 3 is 2.72 bits per heavy atom. The van der Waals surface area contributed by atoms with Crippen LogP contribution in [-0.2, 0) is 14.8 Å². The van der Waals surface area contributed by atoms with Crippen LogP contribution in [0, 0.1) is 0 Å². The fourth-order valence-corrected chi connectivity index (χ4v) is 4.59. The summed E-state index contributed by atoms with van der Waals surface area (Å²) in [5.74, 6) is 0.369. The number of unbranched alkanes of at least 4 members (excludes halogenated alkanes) is 1. The van der Waals surface area contributed by atoms with Gasteiger partial charge in [-0.25, -0.2) is 18.4 Å². The normalized spacial score (nSPS) is 17.9. The number of pyridine rings is 1. The molecular weight excluding hydrogens is 396 g/mol. The van der Waals surface area contributed by atoms with Crippen molar-refractivity contribution in [3.05, 3.63) is 12.3 Å². The summed E-state index contributed by atoms with van der Waals surface area (Å²) in [5.41, 5.74) is 5.97. The second kappa shape index (κ2) is 8.74. The van der Waals surface area contributed by atoms with Gasteiger partial charge in [0.15, 0.2) is 5.82 Å². The first kappa shape index (κ1) is 21.6. The van der Waals surface area contributed by atoms with Crippen LogP contribution in [0.15, 0.2) is 17.2 Å². The lowest BCUT2D eigenvalue weighted by atomic mass is 9.96. The predicted molar refractivity (Wildman–Crippen MR) is 110 cm³/mol. The van der Waals surface area contributed by atoms with Crippen LogP contribution in [0.5, 0.6) is 0 Å². The molecule has 0 aliphatic carbocycles.